The predicted molar refractivity (Wildman–Crippen MR) is 170 cm³/mol. The van der Waals surface area contributed by atoms with Crippen molar-refractivity contribution >= 4 is 66.4 Å². The molecule has 1 aliphatic rings. The molecule has 1 aliphatic heterocycles. The Bertz CT molecular complexity index is 1840. The summed E-state index contributed by atoms with van der Waals surface area (Å²) >= 11 is 3.02. The van der Waals surface area contributed by atoms with E-state index in [9.17, 15) is 0 Å². The lowest BCUT2D eigenvalue weighted by molar-refractivity contribution is 0.415. The fraction of sp³-hybridized carbons (Fsp3) is 0.0968. The molecule has 0 unspecified atom stereocenters. The van der Waals surface area contributed by atoms with Gasteiger partial charge in [0.2, 0.25) is 9.97 Å². The molecule has 1 fully saturated rings. The molecule has 1 aromatic heterocycles. The lowest BCUT2D eigenvalue weighted by atomic mass is 10.3. The second-order valence-electron chi connectivity index (χ2n) is 8.92. The number of amidine groups is 2. The highest BCUT2D eigenvalue weighted by molar-refractivity contribution is 8.29. The molecule has 0 atom stereocenters. The molecule has 5 aromatic rings. The number of hydrogen-bond donors (Lipinski definition) is 0. The van der Waals surface area contributed by atoms with Crippen molar-refractivity contribution in [2.75, 3.05) is 19.1 Å². The zero-order valence-corrected chi connectivity index (χ0v) is 24.3. The standard InChI is InChI=1S/C31H26N6O2S2/c1-36-26-11-7-8-12-27(26)40-30(36)34-35-31-37(23-9-5-4-6-10-23)28(32-21-13-17-24(38-2)18-14-21)29(41-31)33-22-15-19-25(39-3)20-16-22/h4-20H,1-3H3/b32-28?,33-29?,34-30-,35-31+. The Morgan fingerprint density at radius 1 is 0.659 bits per heavy atom. The molecule has 1 saturated heterocycles. The number of rotatable bonds is 6. The van der Waals surface area contributed by atoms with E-state index in [1.807, 2.05) is 103 Å². The predicted octanol–water partition coefficient (Wildman–Crippen LogP) is 7.14. The smallest absolute Gasteiger partial charge is 0.211 e. The molecule has 0 saturated carbocycles. The molecular weight excluding hydrogens is 553 g/mol. The highest BCUT2D eigenvalue weighted by Gasteiger charge is 2.35. The number of methoxy groups -OCH3 is 2. The molecular formula is C31H26N6O2S2. The van der Waals surface area contributed by atoms with Gasteiger partial charge in [-0.15, -0.1) is 10.2 Å². The van der Waals surface area contributed by atoms with E-state index in [4.69, 9.17) is 29.7 Å². The molecule has 8 nitrogen and oxygen atoms in total. The molecule has 0 amide bonds. The Kier molecular flexibility index (Phi) is 7.66. The Hall–Kier alpha value is -4.67. The summed E-state index contributed by atoms with van der Waals surface area (Å²) < 4.78 is 13.9. The van der Waals surface area contributed by atoms with Crippen LogP contribution in [-0.4, -0.2) is 34.8 Å². The maximum atomic E-state index is 5.34. The SMILES string of the molecule is COc1ccc(N=C2S/C(=N/N=c3\sc4ccccc4n3C)N(c3ccccc3)C2=Nc2ccc(OC)cc2)cc1. The largest absolute Gasteiger partial charge is 0.497 e. The number of thiazole rings is 1. The summed E-state index contributed by atoms with van der Waals surface area (Å²) in [5.74, 6) is 2.18. The number of hydrogen-bond acceptors (Lipinski definition) is 8. The molecule has 4 aromatic carbocycles. The molecule has 41 heavy (non-hydrogen) atoms. The quantitative estimate of drug-likeness (QED) is 0.201. The minimum absolute atomic E-state index is 0.646. The van der Waals surface area contributed by atoms with Crippen molar-refractivity contribution in [3.05, 3.63) is 108 Å². The normalized spacial score (nSPS) is 16.8. The molecule has 0 bridgehead atoms. The number of aryl methyl sites for hydroxylation is 1. The fourth-order valence-corrected chi connectivity index (χ4v) is 6.11. The lowest BCUT2D eigenvalue weighted by Gasteiger charge is -2.17. The van der Waals surface area contributed by atoms with Gasteiger partial charge >= 0.3 is 0 Å². The number of anilines is 1. The van der Waals surface area contributed by atoms with Gasteiger partial charge in [0.05, 0.1) is 35.8 Å². The van der Waals surface area contributed by atoms with Gasteiger partial charge in [-0.3, -0.25) is 4.90 Å². The van der Waals surface area contributed by atoms with Crippen molar-refractivity contribution < 1.29 is 9.47 Å². The van der Waals surface area contributed by atoms with Crippen LogP contribution in [0.25, 0.3) is 10.2 Å². The van der Waals surface area contributed by atoms with Crippen LogP contribution in [0.5, 0.6) is 11.5 Å². The topological polar surface area (TPSA) is 76.1 Å². The van der Waals surface area contributed by atoms with Crippen molar-refractivity contribution in [3.63, 3.8) is 0 Å². The van der Waals surface area contributed by atoms with E-state index in [1.54, 1.807) is 25.6 Å². The van der Waals surface area contributed by atoms with Crippen molar-refractivity contribution in [3.8, 4) is 11.5 Å². The molecule has 6 rings (SSSR count). The molecule has 10 heteroatoms. The van der Waals surface area contributed by atoms with Gasteiger partial charge in [-0.05, 0) is 84.6 Å². The van der Waals surface area contributed by atoms with E-state index in [0.717, 1.165) is 43.6 Å². The lowest BCUT2D eigenvalue weighted by Crippen LogP contribution is -2.30. The Balaban J connectivity index is 1.51. The maximum absolute atomic E-state index is 5.34. The van der Waals surface area contributed by atoms with Crippen LogP contribution < -0.4 is 19.2 Å². The van der Waals surface area contributed by atoms with Crippen LogP contribution in [0.15, 0.2) is 123 Å². The van der Waals surface area contributed by atoms with E-state index < -0.39 is 0 Å². The minimum atomic E-state index is 0.646. The van der Waals surface area contributed by atoms with Gasteiger partial charge in [0.25, 0.3) is 0 Å². The van der Waals surface area contributed by atoms with Crippen LogP contribution in [-0.2, 0) is 7.05 Å². The molecule has 2 heterocycles. The number of para-hydroxylation sites is 2. The Morgan fingerprint density at radius 2 is 1.27 bits per heavy atom. The van der Waals surface area contributed by atoms with Crippen molar-refractivity contribution in [1.29, 1.82) is 0 Å². The summed E-state index contributed by atoms with van der Waals surface area (Å²) in [6, 6.07) is 33.5. The van der Waals surface area contributed by atoms with Crippen molar-refractivity contribution in [2.24, 2.45) is 27.2 Å². The maximum Gasteiger partial charge on any atom is 0.211 e. The average Bonchev–Trinajstić information content (AvgIpc) is 3.53. The fourth-order valence-electron chi connectivity index (χ4n) is 4.23. The number of ether oxygens (including phenoxy) is 2. The van der Waals surface area contributed by atoms with E-state index >= 15 is 0 Å². The summed E-state index contributed by atoms with van der Waals surface area (Å²) in [5.41, 5.74) is 3.55. The van der Waals surface area contributed by atoms with Crippen LogP contribution in [0.4, 0.5) is 17.1 Å². The van der Waals surface area contributed by atoms with Crippen LogP contribution in [0.2, 0.25) is 0 Å². The first-order valence-corrected chi connectivity index (χ1v) is 14.4. The second-order valence-corrected chi connectivity index (χ2v) is 10.9. The monoisotopic (exact) mass is 578 g/mol. The molecule has 0 N–H and O–H groups in total. The van der Waals surface area contributed by atoms with Crippen molar-refractivity contribution in [2.45, 2.75) is 0 Å². The Morgan fingerprint density at radius 3 is 1.90 bits per heavy atom. The summed E-state index contributed by atoms with van der Waals surface area (Å²) in [6.45, 7) is 0. The third-order valence-corrected chi connectivity index (χ3v) is 8.36. The van der Waals surface area contributed by atoms with E-state index in [0.29, 0.717) is 16.0 Å². The summed E-state index contributed by atoms with van der Waals surface area (Å²) in [6.07, 6.45) is 0. The van der Waals surface area contributed by atoms with Gasteiger partial charge in [-0.25, -0.2) is 9.98 Å². The number of benzene rings is 4. The average molecular weight is 579 g/mol. The van der Waals surface area contributed by atoms with Crippen LogP contribution in [0.3, 0.4) is 0 Å². The van der Waals surface area contributed by atoms with Crippen LogP contribution in [0, 0.1) is 0 Å². The number of fused-ring (bicyclic) bond motifs is 1. The van der Waals surface area contributed by atoms with Gasteiger partial charge in [-0.1, -0.05) is 41.7 Å². The molecule has 0 radical (unpaired) electrons. The second kappa shape index (κ2) is 11.8. The highest BCUT2D eigenvalue weighted by Crippen LogP contribution is 2.33. The number of aromatic nitrogens is 1. The molecule has 0 spiro atoms. The Labute approximate surface area is 245 Å². The summed E-state index contributed by atoms with van der Waals surface area (Å²) in [4.78, 5) is 12.8. The number of nitrogens with zero attached hydrogens (tertiary/aromatic N) is 6. The number of aliphatic imine (C=N–C) groups is 2. The van der Waals surface area contributed by atoms with Crippen molar-refractivity contribution in [1.82, 2.24) is 4.57 Å². The van der Waals surface area contributed by atoms with E-state index in [-0.39, 0.29) is 0 Å². The third kappa shape index (κ3) is 5.65. The van der Waals surface area contributed by atoms with Gasteiger partial charge in [-0.2, -0.15) is 0 Å². The summed E-state index contributed by atoms with van der Waals surface area (Å²) in [7, 11) is 5.30. The first kappa shape index (κ1) is 26.5. The van der Waals surface area contributed by atoms with Gasteiger partial charge in [0.15, 0.2) is 5.84 Å². The minimum Gasteiger partial charge on any atom is -0.497 e. The van der Waals surface area contributed by atoms with Gasteiger partial charge < -0.3 is 14.0 Å². The molecule has 0 aliphatic carbocycles. The highest BCUT2D eigenvalue weighted by atomic mass is 32.2. The van der Waals surface area contributed by atoms with Crippen LogP contribution in [0.1, 0.15) is 0 Å². The van der Waals surface area contributed by atoms with Gasteiger partial charge in [0, 0.05) is 12.7 Å². The first-order valence-electron chi connectivity index (χ1n) is 12.8. The van der Waals surface area contributed by atoms with E-state index in [2.05, 4.69) is 16.7 Å². The zero-order chi connectivity index (χ0) is 28.2. The number of thioether (sulfide) groups is 1. The zero-order valence-electron chi connectivity index (χ0n) is 22.6. The first-order chi connectivity index (χ1) is 20.1. The van der Waals surface area contributed by atoms with E-state index in [1.165, 1.54) is 11.8 Å². The van der Waals surface area contributed by atoms with Crippen LogP contribution >= 0.6 is 23.1 Å². The summed E-state index contributed by atoms with van der Waals surface area (Å²) in [5, 5.41) is 10.8. The van der Waals surface area contributed by atoms with Gasteiger partial charge in [0.1, 0.15) is 16.5 Å². The third-order valence-electron chi connectivity index (χ3n) is 6.34. The molecule has 204 valence electrons.